The van der Waals surface area contributed by atoms with Gasteiger partial charge in [-0.15, -0.1) is 0 Å². The van der Waals surface area contributed by atoms with Gasteiger partial charge in [-0.05, 0) is 46.5 Å². The van der Waals surface area contributed by atoms with Gasteiger partial charge < -0.3 is 14.6 Å². The number of hydrogen-bond acceptors (Lipinski definition) is 7. The summed E-state index contributed by atoms with van der Waals surface area (Å²) in [7, 11) is 0. The fourth-order valence-corrected chi connectivity index (χ4v) is 4.32. The molecule has 1 aliphatic heterocycles. The minimum absolute atomic E-state index is 0.0564. The minimum atomic E-state index is -1.42. The van der Waals surface area contributed by atoms with Crippen LogP contribution in [-0.2, 0) is 22.5 Å². The van der Waals surface area contributed by atoms with Gasteiger partial charge in [-0.1, -0.05) is 59.7 Å². The molecule has 0 saturated carbocycles. The van der Waals surface area contributed by atoms with Crippen LogP contribution < -0.4 is 16.0 Å². The molecule has 3 aromatic rings. The van der Waals surface area contributed by atoms with E-state index in [9.17, 15) is 4.79 Å². The van der Waals surface area contributed by atoms with Crippen LogP contribution in [0, 0.1) is 0 Å². The summed E-state index contributed by atoms with van der Waals surface area (Å²) in [6.07, 6.45) is -0.0625. The SMILES string of the molecule is [N-]=[N+]=NCc1ccccc1C[C@]1(C(=O)NN)N=C(c2ccc(OCCCO)cc2)O[C@H]1c1ccccc1. The normalized spacial score (nSPS) is 18.3. The number of aliphatic hydroxyl groups is 1. The van der Waals surface area contributed by atoms with E-state index in [1.807, 2.05) is 54.6 Å². The number of carbonyl (C=O) groups is 1. The van der Waals surface area contributed by atoms with Crippen molar-refractivity contribution in [1.82, 2.24) is 5.43 Å². The van der Waals surface area contributed by atoms with Gasteiger partial charge in [-0.3, -0.25) is 10.2 Å². The highest BCUT2D eigenvalue weighted by atomic mass is 16.5. The maximum atomic E-state index is 13.5. The molecule has 0 unspecified atom stereocenters. The highest BCUT2D eigenvalue weighted by molar-refractivity contribution is 6.01. The Labute approximate surface area is 214 Å². The van der Waals surface area contributed by atoms with Crippen molar-refractivity contribution < 1.29 is 19.4 Å². The molecule has 4 N–H and O–H groups in total. The molecule has 1 aliphatic rings. The van der Waals surface area contributed by atoms with Crippen molar-refractivity contribution in [2.75, 3.05) is 13.2 Å². The van der Waals surface area contributed by atoms with E-state index in [-0.39, 0.29) is 19.6 Å². The van der Waals surface area contributed by atoms with Gasteiger partial charge >= 0.3 is 0 Å². The first kappa shape index (κ1) is 25.7. The third kappa shape index (κ3) is 5.73. The topological polar surface area (TPSA) is 155 Å². The molecule has 3 aromatic carbocycles. The number of amides is 1. The Morgan fingerprint density at radius 3 is 2.49 bits per heavy atom. The molecular weight excluding hydrogens is 472 g/mol. The summed E-state index contributed by atoms with van der Waals surface area (Å²) < 4.78 is 12.0. The fourth-order valence-electron chi connectivity index (χ4n) is 4.32. The molecule has 0 bridgehead atoms. The van der Waals surface area contributed by atoms with Crippen LogP contribution in [0.15, 0.2) is 89.0 Å². The highest BCUT2D eigenvalue weighted by Crippen LogP contribution is 2.42. The first-order valence-corrected chi connectivity index (χ1v) is 11.9. The number of benzene rings is 3. The number of ether oxygens (including phenoxy) is 2. The summed E-state index contributed by atoms with van der Waals surface area (Å²) in [5.74, 6) is 6.13. The molecule has 0 fully saturated rings. The monoisotopic (exact) mass is 500 g/mol. The molecule has 0 spiro atoms. The maximum absolute atomic E-state index is 13.5. The zero-order valence-corrected chi connectivity index (χ0v) is 20.2. The van der Waals surface area contributed by atoms with Gasteiger partial charge in [0, 0.05) is 29.9 Å². The smallest absolute Gasteiger partial charge is 0.266 e. The molecular formula is C27H28N6O4. The van der Waals surface area contributed by atoms with Gasteiger partial charge in [0.2, 0.25) is 5.90 Å². The first-order valence-electron chi connectivity index (χ1n) is 11.9. The predicted molar refractivity (Wildman–Crippen MR) is 139 cm³/mol. The van der Waals surface area contributed by atoms with Crippen molar-refractivity contribution in [2.24, 2.45) is 15.9 Å². The number of aliphatic hydroxyl groups excluding tert-OH is 1. The molecule has 0 radical (unpaired) electrons. The van der Waals surface area contributed by atoms with Crippen molar-refractivity contribution in [1.29, 1.82) is 0 Å². The molecule has 1 amide bonds. The summed E-state index contributed by atoms with van der Waals surface area (Å²) in [4.78, 5) is 21.2. The van der Waals surface area contributed by atoms with Crippen LogP contribution in [0.2, 0.25) is 0 Å². The van der Waals surface area contributed by atoms with Crippen molar-refractivity contribution in [3.63, 3.8) is 0 Å². The van der Waals surface area contributed by atoms with Crippen molar-refractivity contribution >= 4 is 11.8 Å². The third-order valence-corrected chi connectivity index (χ3v) is 6.15. The van der Waals surface area contributed by atoms with Gasteiger partial charge in [-0.25, -0.2) is 10.8 Å². The van der Waals surface area contributed by atoms with Crippen molar-refractivity contribution in [2.45, 2.75) is 31.0 Å². The zero-order chi connectivity index (χ0) is 26.1. The molecule has 4 rings (SSSR count). The quantitative estimate of drug-likeness (QED) is 0.0695. The summed E-state index contributed by atoms with van der Waals surface area (Å²) in [5, 5.41) is 12.7. The van der Waals surface area contributed by atoms with Crippen molar-refractivity contribution in [3.05, 3.63) is 112 Å². The number of hydrazine groups is 1. The maximum Gasteiger partial charge on any atom is 0.266 e. The van der Waals surface area contributed by atoms with E-state index >= 15 is 0 Å². The Balaban J connectivity index is 1.77. The molecule has 1 heterocycles. The van der Waals surface area contributed by atoms with E-state index in [0.717, 1.165) is 16.7 Å². The molecule has 2 atom stereocenters. The van der Waals surface area contributed by atoms with Crippen molar-refractivity contribution in [3.8, 4) is 5.75 Å². The Bertz CT molecular complexity index is 1290. The molecule has 0 aromatic heterocycles. The molecule has 10 nitrogen and oxygen atoms in total. The number of carbonyl (C=O) groups excluding carboxylic acids is 1. The Morgan fingerprint density at radius 2 is 1.81 bits per heavy atom. The Hall–Kier alpha value is -4.37. The van der Waals surface area contributed by atoms with Crippen LogP contribution in [0.1, 0.15) is 34.8 Å². The van der Waals surface area contributed by atoms with E-state index in [1.54, 1.807) is 24.3 Å². The van der Waals surface area contributed by atoms with Gasteiger partial charge in [0.05, 0.1) is 13.2 Å². The fraction of sp³-hybridized carbons (Fsp3) is 0.259. The molecule has 10 heteroatoms. The summed E-state index contributed by atoms with van der Waals surface area (Å²) in [5.41, 5.74) is 12.7. The summed E-state index contributed by atoms with van der Waals surface area (Å²) >= 11 is 0. The third-order valence-electron chi connectivity index (χ3n) is 6.15. The van der Waals surface area contributed by atoms with Gasteiger partial charge in [0.15, 0.2) is 11.6 Å². The number of aliphatic imine (C=N–C) groups is 1. The van der Waals surface area contributed by atoms with Gasteiger partial charge in [-0.2, -0.15) is 0 Å². The zero-order valence-electron chi connectivity index (χ0n) is 20.2. The van der Waals surface area contributed by atoms with Crippen LogP contribution >= 0.6 is 0 Å². The molecule has 0 saturated heterocycles. The average Bonchev–Trinajstić information content (AvgIpc) is 3.33. The second-order valence-electron chi connectivity index (χ2n) is 8.51. The average molecular weight is 501 g/mol. The van der Waals surface area contributed by atoms with E-state index in [1.165, 1.54) is 0 Å². The lowest BCUT2D eigenvalue weighted by Gasteiger charge is -2.30. The lowest BCUT2D eigenvalue weighted by Crippen LogP contribution is -2.52. The number of hydrogen-bond donors (Lipinski definition) is 3. The Morgan fingerprint density at radius 1 is 1.11 bits per heavy atom. The highest BCUT2D eigenvalue weighted by Gasteiger charge is 2.53. The second kappa shape index (κ2) is 12.0. The van der Waals surface area contributed by atoms with Crippen LogP contribution in [0.4, 0.5) is 0 Å². The molecule has 0 aliphatic carbocycles. The second-order valence-corrected chi connectivity index (χ2v) is 8.51. The van der Waals surface area contributed by atoms with Gasteiger partial charge in [0.25, 0.3) is 5.91 Å². The standard InChI is InChI=1S/C27H28N6O4/c28-32-26(35)27(17-21-9-4-5-10-22(21)18-30-33-29)24(19-7-2-1-3-8-19)37-25(31-27)20-11-13-23(14-12-20)36-16-6-15-34/h1-5,7-14,24,34H,6,15-18,28H2,(H,32,35)/t24-,27-/m0/s1. The van der Waals surface area contributed by atoms with Gasteiger partial charge in [0.1, 0.15) is 5.75 Å². The minimum Gasteiger partial charge on any atom is -0.494 e. The van der Waals surface area contributed by atoms with E-state index in [4.69, 9.17) is 30.9 Å². The number of nitrogens with two attached hydrogens (primary N) is 1. The number of nitrogens with one attached hydrogen (secondary N) is 1. The predicted octanol–water partition coefficient (Wildman–Crippen LogP) is 3.75. The number of rotatable bonds is 11. The summed E-state index contributed by atoms with van der Waals surface area (Å²) in [6, 6.07) is 24.0. The van der Waals surface area contributed by atoms with Crippen LogP contribution in [0.5, 0.6) is 5.75 Å². The molecule has 37 heavy (non-hydrogen) atoms. The first-order chi connectivity index (χ1) is 18.1. The molecule has 190 valence electrons. The largest absolute Gasteiger partial charge is 0.494 e. The summed E-state index contributed by atoms with van der Waals surface area (Å²) in [6.45, 7) is 0.595. The van der Waals surface area contributed by atoms with E-state index < -0.39 is 17.6 Å². The van der Waals surface area contributed by atoms with Crippen LogP contribution in [0.3, 0.4) is 0 Å². The lowest BCUT2D eigenvalue weighted by atomic mass is 9.81. The van der Waals surface area contributed by atoms with Crippen LogP contribution in [-0.4, -0.2) is 35.7 Å². The van der Waals surface area contributed by atoms with E-state index in [2.05, 4.69) is 15.5 Å². The van der Waals surface area contributed by atoms with Crippen LogP contribution in [0.25, 0.3) is 10.4 Å². The lowest BCUT2D eigenvalue weighted by molar-refractivity contribution is -0.129. The number of nitrogens with zero attached hydrogens (tertiary/aromatic N) is 4. The Kier molecular flexibility index (Phi) is 8.37. The number of azide groups is 1. The van der Waals surface area contributed by atoms with E-state index in [0.29, 0.717) is 30.2 Å².